The standard InChI is InChI=1S/C9H13NO3/c1-5(11)10-3-6-2-7(9(12)13)8(6)4-10/h6-8H,2-4H2,1H3,(H,12,13)/t6-,7+,8+/m0/s1. The third-order valence-electron chi connectivity index (χ3n) is 3.33. The molecular weight excluding hydrogens is 170 g/mol. The molecule has 2 rings (SSSR count). The molecule has 0 aromatic heterocycles. The quantitative estimate of drug-likeness (QED) is 0.631. The molecular formula is C9H13NO3. The first-order chi connectivity index (χ1) is 6.09. The second-order valence-electron chi connectivity index (χ2n) is 4.03. The molecule has 1 saturated carbocycles. The van der Waals surface area contributed by atoms with Crippen molar-refractivity contribution in [3.8, 4) is 0 Å². The van der Waals surface area contributed by atoms with Crippen LogP contribution >= 0.6 is 0 Å². The Labute approximate surface area is 76.5 Å². The molecule has 0 bridgehead atoms. The lowest BCUT2D eigenvalue weighted by molar-refractivity contribution is -0.149. The van der Waals surface area contributed by atoms with Crippen molar-refractivity contribution < 1.29 is 14.7 Å². The van der Waals surface area contributed by atoms with Gasteiger partial charge in [0, 0.05) is 20.0 Å². The van der Waals surface area contributed by atoms with E-state index in [0.717, 1.165) is 13.0 Å². The molecule has 0 spiro atoms. The molecule has 1 aliphatic carbocycles. The summed E-state index contributed by atoms with van der Waals surface area (Å²) in [5.41, 5.74) is 0. The van der Waals surface area contributed by atoms with Gasteiger partial charge in [-0.2, -0.15) is 0 Å². The number of fused-ring (bicyclic) bond motifs is 1. The van der Waals surface area contributed by atoms with Crippen molar-refractivity contribution in [2.75, 3.05) is 13.1 Å². The average Bonchev–Trinajstić information content (AvgIpc) is 2.28. The van der Waals surface area contributed by atoms with Gasteiger partial charge < -0.3 is 10.0 Å². The number of likely N-dealkylation sites (tertiary alicyclic amines) is 1. The van der Waals surface area contributed by atoms with E-state index in [1.54, 1.807) is 11.8 Å². The molecule has 0 radical (unpaired) electrons. The number of carbonyl (C=O) groups excluding carboxylic acids is 1. The Balaban J connectivity index is 1.99. The van der Waals surface area contributed by atoms with Crippen LogP contribution in [0.3, 0.4) is 0 Å². The number of amides is 1. The van der Waals surface area contributed by atoms with Gasteiger partial charge in [0.1, 0.15) is 0 Å². The number of rotatable bonds is 1. The van der Waals surface area contributed by atoms with E-state index < -0.39 is 5.97 Å². The van der Waals surface area contributed by atoms with E-state index in [2.05, 4.69) is 0 Å². The summed E-state index contributed by atoms with van der Waals surface area (Å²) >= 11 is 0. The van der Waals surface area contributed by atoms with Crippen molar-refractivity contribution in [2.24, 2.45) is 17.8 Å². The average molecular weight is 183 g/mol. The number of hydrogen-bond acceptors (Lipinski definition) is 2. The second-order valence-corrected chi connectivity index (χ2v) is 4.03. The van der Waals surface area contributed by atoms with Gasteiger partial charge >= 0.3 is 5.97 Å². The maximum absolute atomic E-state index is 11.0. The van der Waals surface area contributed by atoms with Crippen molar-refractivity contribution in [1.82, 2.24) is 4.90 Å². The van der Waals surface area contributed by atoms with E-state index in [1.807, 2.05) is 0 Å². The zero-order valence-electron chi connectivity index (χ0n) is 7.56. The Morgan fingerprint density at radius 3 is 2.62 bits per heavy atom. The highest BCUT2D eigenvalue weighted by atomic mass is 16.4. The fourth-order valence-electron chi connectivity index (χ4n) is 2.45. The first-order valence-corrected chi connectivity index (χ1v) is 4.58. The Bertz CT molecular complexity index is 252. The van der Waals surface area contributed by atoms with Gasteiger partial charge in [-0.05, 0) is 18.3 Å². The minimum absolute atomic E-state index is 0.0681. The van der Waals surface area contributed by atoms with Crippen molar-refractivity contribution in [3.63, 3.8) is 0 Å². The van der Waals surface area contributed by atoms with Crippen LogP contribution in [0.1, 0.15) is 13.3 Å². The molecule has 0 aromatic carbocycles. The number of hydrogen-bond donors (Lipinski definition) is 1. The van der Waals surface area contributed by atoms with Crippen molar-refractivity contribution >= 4 is 11.9 Å². The molecule has 1 amide bonds. The lowest BCUT2D eigenvalue weighted by atomic mass is 9.67. The zero-order chi connectivity index (χ0) is 9.59. The number of aliphatic carboxylic acids is 1. The topological polar surface area (TPSA) is 57.6 Å². The summed E-state index contributed by atoms with van der Waals surface area (Å²) in [6.45, 7) is 2.96. The minimum Gasteiger partial charge on any atom is -0.481 e. The number of carbonyl (C=O) groups is 2. The molecule has 2 fully saturated rings. The van der Waals surface area contributed by atoms with Crippen LogP contribution in [0.25, 0.3) is 0 Å². The van der Waals surface area contributed by atoms with Gasteiger partial charge in [-0.3, -0.25) is 9.59 Å². The van der Waals surface area contributed by atoms with E-state index in [4.69, 9.17) is 5.11 Å². The molecule has 3 atom stereocenters. The van der Waals surface area contributed by atoms with Crippen LogP contribution in [0.4, 0.5) is 0 Å². The van der Waals surface area contributed by atoms with Gasteiger partial charge in [0.2, 0.25) is 5.91 Å². The maximum atomic E-state index is 11.0. The van der Waals surface area contributed by atoms with Crippen LogP contribution in [-0.2, 0) is 9.59 Å². The lowest BCUT2D eigenvalue weighted by Crippen LogP contribution is -2.40. The van der Waals surface area contributed by atoms with E-state index in [-0.39, 0.29) is 17.7 Å². The second kappa shape index (κ2) is 2.72. The molecule has 0 aromatic rings. The Hall–Kier alpha value is -1.06. The molecule has 4 nitrogen and oxygen atoms in total. The summed E-state index contributed by atoms with van der Waals surface area (Å²) in [4.78, 5) is 23.5. The fraction of sp³-hybridized carbons (Fsp3) is 0.778. The molecule has 2 aliphatic rings. The Morgan fingerprint density at radius 2 is 2.08 bits per heavy atom. The lowest BCUT2D eigenvalue weighted by Gasteiger charge is -2.35. The van der Waals surface area contributed by atoms with Crippen molar-refractivity contribution in [3.05, 3.63) is 0 Å². The van der Waals surface area contributed by atoms with E-state index in [1.165, 1.54) is 0 Å². The van der Waals surface area contributed by atoms with Crippen molar-refractivity contribution in [2.45, 2.75) is 13.3 Å². The summed E-state index contributed by atoms with van der Waals surface area (Å²) in [5.74, 6) is -0.161. The summed E-state index contributed by atoms with van der Waals surface area (Å²) in [7, 11) is 0. The molecule has 0 unspecified atom stereocenters. The highest BCUT2D eigenvalue weighted by Crippen LogP contribution is 2.45. The van der Waals surface area contributed by atoms with Crippen LogP contribution in [0, 0.1) is 17.8 Å². The van der Waals surface area contributed by atoms with Crippen LogP contribution in [-0.4, -0.2) is 35.0 Å². The Morgan fingerprint density at radius 1 is 1.38 bits per heavy atom. The fourth-order valence-corrected chi connectivity index (χ4v) is 2.45. The highest BCUT2D eigenvalue weighted by molar-refractivity contribution is 5.75. The molecule has 13 heavy (non-hydrogen) atoms. The molecule has 1 saturated heterocycles. The third-order valence-corrected chi connectivity index (χ3v) is 3.33. The third kappa shape index (κ3) is 1.20. The SMILES string of the molecule is CC(=O)N1C[C@@H]2C[C@@H](C(=O)O)[C@@H]2C1. The van der Waals surface area contributed by atoms with Gasteiger partial charge in [0.25, 0.3) is 0 Å². The highest BCUT2D eigenvalue weighted by Gasteiger charge is 2.50. The summed E-state index contributed by atoms with van der Waals surface area (Å²) in [6.07, 6.45) is 0.754. The predicted molar refractivity (Wildman–Crippen MR) is 45.0 cm³/mol. The normalized spacial score (nSPS) is 36.7. The van der Waals surface area contributed by atoms with Gasteiger partial charge in [0.15, 0.2) is 0 Å². The predicted octanol–water partition coefficient (Wildman–Crippen LogP) is 0.185. The molecule has 4 heteroatoms. The Kier molecular flexibility index (Phi) is 1.78. The van der Waals surface area contributed by atoms with Crippen LogP contribution < -0.4 is 0 Å². The largest absolute Gasteiger partial charge is 0.481 e. The van der Waals surface area contributed by atoms with E-state index in [0.29, 0.717) is 12.5 Å². The monoisotopic (exact) mass is 183 g/mol. The molecule has 1 heterocycles. The zero-order valence-corrected chi connectivity index (χ0v) is 7.56. The molecule has 1 aliphatic heterocycles. The maximum Gasteiger partial charge on any atom is 0.306 e. The summed E-state index contributed by atoms with van der Waals surface area (Å²) < 4.78 is 0. The van der Waals surface area contributed by atoms with E-state index >= 15 is 0 Å². The first-order valence-electron chi connectivity index (χ1n) is 4.58. The summed E-state index contributed by atoms with van der Waals surface area (Å²) in [5, 5.41) is 8.80. The van der Waals surface area contributed by atoms with Crippen LogP contribution in [0.2, 0.25) is 0 Å². The van der Waals surface area contributed by atoms with Crippen LogP contribution in [0.5, 0.6) is 0 Å². The number of carboxylic acids is 1. The van der Waals surface area contributed by atoms with E-state index in [9.17, 15) is 9.59 Å². The van der Waals surface area contributed by atoms with Gasteiger partial charge in [0.05, 0.1) is 5.92 Å². The molecule has 72 valence electrons. The molecule has 1 N–H and O–H groups in total. The minimum atomic E-state index is -0.702. The summed E-state index contributed by atoms with van der Waals surface area (Å²) in [6, 6.07) is 0. The first kappa shape index (κ1) is 8.53. The van der Waals surface area contributed by atoms with Gasteiger partial charge in [-0.25, -0.2) is 0 Å². The van der Waals surface area contributed by atoms with Crippen molar-refractivity contribution in [1.29, 1.82) is 0 Å². The number of nitrogens with zero attached hydrogens (tertiary/aromatic N) is 1. The van der Waals surface area contributed by atoms with Crippen LogP contribution in [0.15, 0.2) is 0 Å². The van der Waals surface area contributed by atoms with Gasteiger partial charge in [-0.15, -0.1) is 0 Å². The van der Waals surface area contributed by atoms with Gasteiger partial charge in [-0.1, -0.05) is 0 Å². The smallest absolute Gasteiger partial charge is 0.306 e. The number of carboxylic acid groups (broad SMARTS) is 1.